The van der Waals surface area contributed by atoms with Gasteiger partial charge in [-0.1, -0.05) is 12.1 Å². The molecule has 2 atom stereocenters. The maximum Gasteiger partial charge on any atom is 0.411 e. The van der Waals surface area contributed by atoms with Crippen molar-refractivity contribution in [3.05, 3.63) is 29.3 Å². The maximum atomic E-state index is 12.5. The van der Waals surface area contributed by atoms with Crippen molar-refractivity contribution >= 4 is 27.6 Å². The zero-order chi connectivity index (χ0) is 18.7. The summed E-state index contributed by atoms with van der Waals surface area (Å²) >= 11 is 1.57. The van der Waals surface area contributed by atoms with Gasteiger partial charge in [-0.25, -0.2) is 9.78 Å². The molecular weight excluding hydrogens is 367 g/mol. The van der Waals surface area contributed by atoms with Gasteiger partial charge in [0.2, 0.25) is 0 Å². The van der Waals surface area contributed by atoms with Crippen molar-refractivity contribution in [2.75, 3.05) is 19.8 Å². The van der Waals surface area contributed by atoms with Crippen LogP contribution in [0.3, 0.4) is 0 Å². The zero-order valence-electron chi connectivity index (χ0n) is 14.3. The predicted octanol–water partition coefficient (Wildman–Crippen LogP) is 4.11. The number of carbonyl (C=O) groups is 1. The predicted molar refractivity (Wildman–Crippen MR) is 93.2 cm³/mol. The second kappa shape index (κ2) is 7.79. The number of fused-ring (bicyclic) bond motifs is 1. The maximum absolute atomic E-state index is 12.5. The van der Waals surface area contributed by atoms with E-state index >= 15 is 0 Å². The van der Waals surface area contributed by atoms with Gasteiger partial charge in [0, 0.05) is 6.54 Å². The number of nitrogens with one attached hydrogen (secondary N) is 1. The van der Waals surface area contributed by atoms with E-state index in [0.717, 1.165) is 28.1 Å². The van der Waals surface area contributed by atoms with Crippen molar-refractivity contribution < 1.29 is 22.7 Å². The average molecular weight is 387 g/mol. The summed E-state index contributed by atoms with van der Waals surface area (Å²) in [6.45, 7) is 0.718. The third kappa shape index (κ3) is 4.64. The molecule has 1 aromatic heterocycles. The molecule has 1 saturated heterocycles. The summed E-state index contributed by atoms with van der Waals surface area (Å²) in [6, 6.07) is 6.90. The van der Waals surface area contributed by atoms with Gasteiger partial charge in [-0.05, 0) is 31.9 Å². The molecule has 2 amide bonds. The number of amides is 2. The highest BCUT2D eigenvalue weighted by Gasteiger charge is 2.33. The summed E-state index contributed by atoms with van der Waals surface area (Å²) in [7, 11) is 0. The van der Waals surface area contributed by atoms with Crippen LogP contribution in [0.2, 0.25) is 0 Å². The van der Waals surface area contributed by atoms with Crippen LogP contribution in [0.5, 0.6) is 0 Å². The van der Waals surface area contributed by atoms with Crippen LogP contribution in [0.15, 0.2) is 24.3 Å². The molecule has 2 aromatic rings. The number of urea groups is 1. The van der Waals surface area contributed by atoms with E-state index in [4.69, 9.17) is 0 Å². The Kier molecular flexibility index (Phi) is 5.67. The van der Waals surface area contributed by atoms with Gasteiger partial charge in [-0.2, -0.15) is 13.2 Å². The van der Waals surface area contributed by atoms with Crippen LogP contribution in [0.4, 0.5) is 18.0 Å². The Morgan fingerprint density at radius 1 is 1.46 bits per heavy atom. The number of ether oxygens (including phenoxy) is 1. The minimum atomic E-state index is -4.36. The molecule has 1 aliphatic rings. The number of para-hydroxylation sites is 1. The molecular formula is C17H20F3N3O2S. The van der Waals surface area contributed by atoms with Crippen molar-refractivity contribution in [3.8, 4) is 0 Å². The van der Waals surface area contributed by atoms with Crippen LogP contribution in [-0.4, -0.2) is 47.9 Å². The van der Waals surface area contributed by atoms with Crippen molar-refractivity contribution in [1.29, 1.82) is 0 Å². The molecule has 1 aliphatic heterocycles. The van der Waals surface area contributed by atoms with Gasteiger partial charge in [-0.15, -0.1) is 11.3 Å². The number of aromatic nitrogens is 1. The fourth-order valence-electron chi connectivity index (χ4n) is 2.99. The highest BCUT2D eigenvalue weighted by molar-refractivity contribution is 7.18. The van der Waals surface area contributed by atoms with Crippen molar-refractivity contribution in [2.45, 2.75) is 38.0 Å². The van der Waals surface area contributed by atoms with Crippen LogP contribution in [-0.2, 0) is 4.74 Å². The quantitative estimate of drug-likeness (QED) is 0.840. The van der Waals surface area contributed by atoms with E-state index in [0.29, 0.717) is 6.54 Å². The summed E-state index contributed by atoms with van der Waals surface area (Å²) in [4.78, 5) is 18.9. The van der Waals surface area contributed by atoms with E-state index in [-0.39, 0.29) is 18.7 Å². The molecule has 0 saturated carbocycles. The molecule has 9 heteroatoms. The number of benzene rings is 1. The molecule has 1 aromatic carbocycles. The van der Waals surface area contributed by atoms with Crippen molar-refractivity contribution in [2.24, 2.45) is 0 Å². The molecule has 26 heavy (non-hydrogen) atoms. The minimum Gasteiger partial charge on any atom is -0.370 e. The number of hydrogen-bond donors (Lipinski definition) is 1. The van der Waals surface area contributed by atoms with E-state index in [1.807, 2.05) is 24.3 Å². The smallest absolute Gasteiger partial charge is 0.370 e. The number of rotatable bonds is 5. The highest BCUT2D eigenvalue weighted by Crippen LogP contribution is 2.36. The lowest BCUT2D eigenvalue weighted by Gasteiger charge is -2.25. The molecule has 1 N–H and O–H groups in total. The molecule has 0 unspecified atom stereocenters. The van der Waals surface area contributed by atoms with E-state index in [9.17, 15) is 18.0 Å². The lowest BCUT2D eigenvalue weighted by atomic mass is 10.2. The Labute approximate surface area is 153 Å². The molecule has 142 valence electrons. The molecule has 1 fully saturated rings. The second-order valence-corrected chi connectivity index (χ2v) is 7.41. The first kappa shape index (κ1) is 18.9. The first-order valence-electron chi connectivity index (χ1n) is 8.40. The fraction of sp³-hybridized carbons (Fsp3) is 0.529. The SMILES string of the molecule is C[C@@H](COCC(F)(F)F)NC(=O)N1CCC[C@H]1c1nc2ccccc2s1. The summed E-state index contributed by atoms with van der Waals surface area (Å²) < 4.78 is 42.0. The third-order valence-electron chi connectivity index (χ3n) is 4.11. The molecule has 5 nitrogen and oxygen atoms in total. The number of alkyl halides is 3. The first-order chi connectivity index (χ1) is 12.3. The average Bonchev–Trinajstić information content (AvgIpc) is 3.19. The summed E-state index contributed by atoms with van der Waals surface area (Å²) in [5.74, 6) is 0. The Balaban J connectivity index is 1.59. The Morgan fingerprint density at radius 3 is 2.96 bits per heavy atom. The largest absolute Gasteiger partial charge is 0.411 e. The lowest BCUT2D eigenvalue weighted by molar-refractivity contribution is -0.174. The number of thiazole rings is 1. The summed E-state index contributed by atoms with van der Waals surface area (Å²) in [5, 5.41) is 3.60. The second-order valence-electron chi connectivity index (χ2n) is 6.35. The summed E-state index contributed by atoms with van der Waals surface area (Å²) in [5.41, 5.74) is 0.911. The van der Waals surface area contributed by atoms with Crippen LogP contribution in [0.1, 0.15) is 30.8 Å². The normalized spacial score (nSPS) is 19.1. The number of halogens is 3. The van der Waals surface area contributed by atoms with Gasteiger partial charge in [-0.3, -0.25) is 0 Å². The fourth-order valence-corrected chi connectivity index (χ4v) is 4.10. The Hall–Kier alpha value is -1.87. The van der Waals surface area contributed by atoms with Gasteiger partial charge < -0.3 is 15.0 Å². The number of nitrogens with zero attached hydrogens (tertiary/aromatic N) is 2. The standard InChI is InChI=1S/C17H20F3N3O2S/c1-11(9-25-10-17(18,19)20)21-16(24)23-8-4-6-13(23)15-22-12-5-2-3-7-14(12)26-15/h2-3,5,7,11,13H,4,6,8-10H2,1H3,(H,21,24)/t11-,13-/m0/s1. The van der Waals surface area contributed by atoms with Gasteiger partial charge in [0.05, 0.1) is 28.9 Å². The zero-order valence-corrected chi connectivity index (χ0v) is 15.1. The highest BCUT2D eigenvalue weighted by atomic mass is 32.1. The first-order valence-corrected chi connectivity index (χ1v) is 9.22. The summed E-state index contributed by atoms with van der Waals surface area (Å²) in [6.07, 6.45) is -2.67. The monoisotopic (exact) mass is 387 g/mol. The van der Waals surface area contributed by atoms with E-state index in [1.54, 1.807) is 23.2 Å². The van der Waals surface area contributed by atoms with E-state index < -0.39 is 18.8 Å². The third-order valence-corrected chi connectivity index (χ3v) is 5.25. The Morgan fingerprint density at radius 2 is 2.23 bits per heavy atom. The van der Waals surface area contributed by atoms with E-state index in [1.165, 1.54) is 0 Å². The number of carbonyl (C=O) groups excluding carboxylic acids is 1. The Bertz CT molecular complexity index is 732. The molecule has 0 aliphatic carbocycles. The van der Waals surface area contributed by atoms with Crippen LogP contribution in [0.25, 0.3) is 10.2 Å². The van der Waals surface area contributed by atoms with Crippen LogP contribution < -0.4 is 5.32 Å². The molecule has 0 bridgehead atoms. The van der Waals surface area contributed by atoms with Crippen LogP contribution >= 0.6 is 11.3 Å². The van der Waals surface area contributed by atoms with Gasteiger partial charge >= 0.3 is 12.2 Å². The van der Waals surface area contributed by atoms with Gasteiger partial charge in [0.1, 0.15) is 11.6 Å². The van der Waals surface area contributed by atoms with Crippen molar-refractivity contribution in [3.63, 3.8) is 0 Å². The molecule has 0 spiro atoms. The topological polar surface area (TPSA) is 54.5 Å². The van der Waals surface area contributed by atoms with E-state index in [2.05, 4.69) is 15.0 Å². The minimum absolute atomic E-state index is 0.101. The number of likely N-dealkylation sites (tertiary alicyclic amines) is 1. The van der Waals surface area contributed by atoms with Gasteiger partial charge in [0.25, 0.3) is 0 Å². The molecule has 2 heterocycles. The lowest BCUT2D eigenvalue weighted by Crippen LogP contribution is -2.45. The number of hydrogen-bond acceptors (Lipinski definition) is 4. The van der Waals surface area contributed by atoms with Crippen LogP contribution in [0, 0.1) is 0 Å². The van der Waals surface area contributed by atoms with Crippen molar-refractivity contribution in [1.82, 2.24) is 15.2 Å². The molecule has 3 rings (SSSR count). The van der Waals surface area contributed by atoms with Gasteiger partial charge in [0.15, 0.2) is 0 Å². The molecule has 0 radical (unpaired) electrons.